The average Bonchev–Trinajstić information content (AvgIpc) is 2.62. The van der Waals surface area contributed by atoms with Gasteiger partial charge in [0.2, 0.25) is 15.9 Å². The molecule has 0 aliphatic rings. The molecule has 1 N–H and O–H groups in total. The van der Waals surface area contributed by atoms with E-state index in [0.717, 1.165) is 21.9 Å². The molecule has 0 saturated heterocycles. The highest BCUT2D eigenvalue weighted by molar-refractivity contribution is 7.92. The smallest absolute Gasteiger partial charge is 0.241 e. The molecule has 8 heteroatoms. The van der Waals surface area contributed by atoms with Crippen molar-refractivity contribution in [2.24, 2.45) is 0 Å². The maximum Gasteiger partial charge on any atom is 0.241 e. The number of carbonyl (C=O) groups is 1. The molecule has 6 nitrogen and oxygen atoms in total. The van der Waals surface area contributed by atoms with Crippen molar-refractivity contribution in [1.29, 1.82) is 0 Å². The fraction of sp³-hybridized carbons (Fsp3) is 0.350. The van der Waals surface area contributed by atoms with Gasteiger partial charge in [0.15, 0.2) is 0 Å². The number of nitrogens with one attached hydrogen (secondary N) is 1. The number of ether oxygens (including phenoxy) is 1. The maximum absolute atomic E-state index is 12.5. The lowest BCUT2D eigenvalue weighted by molar-refractivity contribution is -0.120. The van der Waals surface area contributed by atoms with Gasteiger partial charge < -0.3 is 10.1 Å². The fourth-order valence-corrected chi connectivity index (χ4v) is 3.84. The molecule has 1 amide bonds. The second kappa shape index (κ2) is 9.30. The van der Waals surface area contributed by atoms with Crippen LogP contribution in [-0.2, 0) is 14.8 Å². The summed E-state index contributed by atoms with van der Waals surface area (Å²) in [6.45, 7) is 5.71. The van der Waals surface area contributed by atoms with Crippen molar-refractivity contribution in [2.45, 2.75) is 26.8 Å². The summed E-state index contributed by atoms with van der Waals surface area (Å²) in [5.74, 6) is 0.343. The lowest BCUT2D eigenvalue weighted by Crippen LogP contribution is -2.41. The predicted molar refractivity (Wildman–Crippen MR) is 113 cm³/mol. The zero-order chi connectivity index (χ0) is 20.9. The van der Waals surface area contributed by atoms with Crippen LogP contribution >= 0.6 is 11.6 Å². The number of hydrogen-bond acceptors (Lipinski definition) is 4. The number of halogens is 1. The van der Waals surface area contributed by atoms with E-state index in [4.69, 9.17) is 16.3 Å². The highest BCUT2D eigenvalue weighted by atomic mass is 35.5. The van der Waals surface area contributed by atoms with Crippen LogP contribution in [0.25, 0.3) is 0 Å². The molecular formula is C20H25ClN2O4S. The van der Waals surface area contributed by atoms with Gasteiger partial charge in [-0.3, -0.25) is 9.10 Å². The van der Waals surface area contributed by atoms with E-state index in [2.05, 4.69) is 5.32 Å². The number of nitrogens with zero attached hydrogens (tertiary/aromatic N) is 1. The Kier molecular flexibility index (Phi) is 7.32. The van der Waals surface area contributed by atoms with Gasteiger partial charge >= 0.3 is 0 Å². The minimum Gasteiger partial charge on any atom is -0.494 e. The van der Waals surface area contributed by atoms with Crippen LogP contribution in [0.2, 0.25) is 5.02 Å². The molecule has 0 aromatic heterocycles. The predicted octanol–water partition coefficient (Wildman–Crippen LogP) is 3.69. The quantitative estimate of drug-likeness (QED) is 0.701. The molecule has 1 atom stereocenters. The van der Waals surface area contributed by atoms with Gasteiger partial charge in [0.25, 0.3) is 0 Å². The van der Waals surface area contributed by atoms with E-state index in [9.17, 15) is 13.2 Å². The summed E-state index contributed by atoms with van der Waals surface area (Å²) < 4.78 is 31.0. The monoisotopic (exact) mass is 424 g/mol. The zero-order valence-corrected chi connectivity index (χ0v) is 18.0. The van der Waals surface area contributed by atoms with Gasteiger partial charge in [0.1, 0.15) is 12.3 Å². The van der Waals surface area contributed by atoms with Crippen LogP contribution in [-0.4, -0.2) is 33.7 Å². The molecule has 0 fully saturated rings. The summed E-state index contributed by atoms with van der Waals surface area (Å²) in [6.07, 6.45) is 1.07. The van der Waals surface area contributed by atoms with Gasteiger partial charge in [-0.15, -0.1) is 0 Å². The SMILES string of the molecule is CCOc1ccc([C@@H](C)NC(=O)CN(c2cccc(Cl)c2C)S(C)(=O)=O)cc1. The van der Waals surface area contributed by atoms with E-state index in [1.165, 1.54) is 0 Å². The van der Waals surface area contributed by atoms with Crippen LogP contribution in [0.5, 0.6) is 5.75 Å². The molecule has 28 heavy (non-hydrogen) atoms. The largest absolute Gasteiger partial charge is 0.494 e. The summed E-state index contributed by atoms with van der Waals surface area (Å²) in [6, 6.07) is 12.1. The molecule has 2 rings (SSSR count). The second-order valence-electron chi connectivity index (χ2n) is 6.44. The van der Waals surface area contributed by atoms with Crippen LogP contribution < -0.4 is 14.4 Å². The van der Waals surface area contributed by atoms with Crippen LogP contribution in [0.1, 0.15) is 31.0 Å². The number of anilines is 1. The fourth-order valence-electron chi connectivity index (χ4n) is 2.77. The molecule has 0 bridgehead atoms. The number of rotatable bonds is 8. The third kappa shape index (κ3) is 5.62. The van der Waals surface area contributed by atoms with Gasteiger partial charge in [-0.1, -0.05) is 29.8 Å². The minimum atomic E-state index is -3.67. The summed E-state index contributed by atoms with van der Waals surface area (Å²) in [4.78, 5) is 12.5. The summed E-state index contributed by atoms with van der Waals surface area (Å²) in [5, 5.41) is 3.27. The number of benzene rings is 2. The van der Waals surface area contributed by atoms with Crippen LogP contribution in [0.3, 0.4) is 0 Å². The van der Waals surface area contributed by atoms with Crippen LogP contribution in [0, 0.1) is 6.92 Å². The Hall–Kier alpha value is -2.25. The maximum atomic E-state index is 12.5. The molecule has 0 radical (unpaired) electrons. The molecule has 152 valence electrons. The zero-order valence-electron chi connectivity index (χ0n) is 16.4. The van der Waals surface area contributed by atoms with Crippen molar-refractivity contribution in [3.05, 3.63) is 58.6 Å². The van der Waals surface area contributed by atoms with Gasteiger partial charge in [0, 0.05) is 5.02 Å². The third-order valence-corrected chi connectivity index (χ3v) is 5.80. The topological polar surface area (TPSA) is 75.7 Å². The van der Waals surface area contributed by atoms with Gasteiger partial charge in [0.05, 0.1) is 24.6 Å². The Balaban J connectivity index is 2.14. The Bertz CT molecular complexity index is 930. The first-order valence-corrected chi connectivity index (χ1v) is 11.1. The van der Waals surface area contributed by atoms with Gasteiger partial charge in [-0.25, -0.2) is 8.42 Å². The van der Waals surface area contributed by atoms with Crippen molar-refractivity contribution in [3.8, 4) is 5.75 Å². The lowest BCUT2D eigenvalue weighted by atomic mass is 10.1. The normalized spacial score (nSPS) is 12.3. The van der Waals surface area contributed by atoms with E-state index in [1.54, 1.807) is 25.1 Å². The summed E-state index contributed by atoms with van der Waals surface area (Å²) in [7, 11) is -3.67. The van der Waals surface area contributed by atoms with Crippen molar-refractivity contribution in [2.75, 3.05) is 23.7 Å². The molecule has 0 unspecified atom stereocenters. The highest BCUT2D eigenvalue weighted by Gasteiger charge is 2.24. The molecule has 0 saturated carbocycles. The average molecular weight is 425 g/mol. The standard InChI is InChI=1S/C20H25ClN2O4S/c1-5-27-17-11-9-16(10-12-17)15(3)22-20(24)13-23(28(4,25)26)19-8-6-7-18(21)14(19)2/h6-12,15H,5,13H2,1-4H3,(H,22,24)/t15-/m1/s1. The van der Waals surface area contributed by atoms with E-state index in [-0.39, 0.29) is 12.6 Å². The first-order valence-electron chi connectivity index (χ1n) is 8.88. The Morgan fingerprint density at radius 3 is 2.43 bits per heavy atom. The Morgan fingerprint density at radius 1 is 1.21 bits per heavy atom. The summed E-state index contributed by atoms with van der Waals surface area (Å²) >= 11 is 6.11. The lowest BCUT2D eigenvalue weighted by Gasteiger charge is -2.25. The molecule has 2 aromatic carbocycles. The molecule has 2 aromatic rings. The van der Waals surface area contributed by atoms with E-state index in [0.29, 0.717) is 22.9 Å². The Labute approximate surface area is 171 Å². The van der Waals surface area contributed by atoms with Crippen molar-refractivity contribution < 1.29 is 17.9 Å². The number of hydrogen-bond donors (Lipinski definition) is 1. The highest BCUT2D eigenvalue weighted by Crippen LogP contribution is 2.28. The molecule has 0 heterocycles. The van der Waals surface area contributed by atoms with Crippen LogP contribution in [0.4, 0.5) is 5.69 Å². The molecule has 0 aliphatic carbocycles. The number of sulfonamides is 1. The molecule has 0 aliphatic heterocycles. The molecular weight excluding hydrogens is 400 g/mol. The van der Waals surface area contributed by atoms with E-state index >= 15 is 0 Å². The van der Waals surface area contributed by atoms with Crippen molar-refractivity contribution >= 4 is 33.2 Å². The molecule has 0 spiro atoms. The third-order valence-electron chi connectivity index (χ3n) is 4.26. The van der Waals surface area contributed by atoms with Gasteiger partial charge in [-0.2, -0.15) is 0 Å². The van der Waals surface area contributed by atoms with Crippen molar-refractivity contribution in [1.82, 2.24) is 5.32 Å². The van der Waals surface area contributed by atoms with E-state index in [1.807, 2.05) is 38.1 Å². The Morgan fingerprint density at radius 2 is 1.86 bits per heavy atom. The number of carbonyl (C=O) groups excluding carboxylic acids is 1. The van der Waals surface area contributed by atoms with Crippen molar-refractivity contribution in [3.63, 3.8) is 0 Å². The second-order valence-corrected chi connectivity index (χ2v) is 8.76. The first kappa shape index (κ1) is 22.0. The minimum absolute atomic E-state index is 0.287. The van der Waals surface area contributed by atoms with Gasteiger partial charge in [-0.05, 0) is 56.2 Å². The summed E-state index contributed by atoms with van der Waals surface area (Å²) in [5.41, 5.74) is 1.88. The first-order chi connectivity index (χ1) is 13.1. The van der Waals surface area contributed by atoms with Crippen LogP contribution in [0.15, 0.2) is 42.5 Å². The van der Waals surface area contributed by atoms with E-state index < -0.39 is 15.9 Å². The number of amides is 1.